The summed E-state index contributed by atoms with van der Waals surface area (Å²) in [4.78, 5) is 11.0. The zero-order chi connectivity index (χ0) is 15.2. The summed E-state index contributed by atoms with van der Waals surface area (Å²) in [5, 5.41) is 14.6. The molecule has 6 heteroatoms. The SMILES string of the molecule is CCCOc1cccc(NC2CCCC2OC)c1[N+](=O)[O-]. The number of rotatable bonds is 7. The molecule has 1 aromatic rings. The van der Waals surface area contributed by atoms with Gasteiger partial charge in [0.1, 0.15) is 5.69 Å². The van der Waals surface area contributed by atoms with Gasteiger partial charge in [0.15, 0.2) is 5.75 Å². The van der Waals surface area contributed by atoms with Crippen molar-refractivity contribution in [2.24, 2.45) is 0 Å². The number of methoxy groups -OCH3 is 1. The molecule has 1 aliphatic carbocycles. The number of anilines is 1. The zero-order valence-corrected chi connectivity index (χ0v) is 12.5. The van der Waals surface area contributed by atoms with E-state index >= 15 is 0 Å². The molecule has 6 nitrogen and oxygen atoms in total. The Kier molecular flexibility index (Phi) is 5.38. The summed E-state index contributed by atoms with van der Waals surface area (Å²) in [6, 6.07) is 5.25. The molecule has 1 N–H and O–H groups in total. The predicted molar refractivity (Wildman–Crippen MR) is 80.9 cm³/mol. The quantitative estimate of drug-likeness (QED) is 0.616. The van der Waals surface area contributed by atoms with Crippen LogP contribution in [0.3, 0.4) is 0 Å². The number of hydrogen-bond acceptors (Lipinski definition) is 5. The molecule has 0 spiro atoms. The fourth-order valence-corrected chi connectivity index (χ4v) is 2.73. The van der Waals surface area contributed by atoms with E-state index in [2.05, 4.69) is 5.32 Å². The molecular formula is C15H22N2O4. The highest BCUT2D eigenvalue weighted by molar-refractivity contribution is 5.68. The monoisotopic (exact) mass is 294 g/mol. The number of hydrogen-bond donors (Lipinski definition) is 1. The normalized spacial score (nSPS) is 21.2. The average Bonchev–Trinajstić information content (AvgIpc) is 2.92. The average molecular weight is 294 g/mol. The van der Waals surface area contributed by atoms with E-state index in [-0.39, 0.29) is 22.8 Å². The summed E-state index contributed by atoms with van der Waals surface area (Å²) in [6.07, 6.45) is 3.91. The largest absolute Gasteiger partial charge is 0.487 e. The molecule has 116 valence electrons. The molecule has 0 saturated heterocycles. The van der Waals surface area contributed by atoms with Gasteiger partial charge in [-0.3, -0.25) is 10.1 Å². The number of ether oxygens (including phenoxy) is 2. The lowest BCUT2D eigenvalue weighted by atomic mass is 10.1. The van der Waals surface area contributed by atoms with Gasteiger partial charge in [-0.05, 0) is 37.8 Å². The second-order valence-corrected chi connectivity index (χ2v) is 5.21. The van der Waals surface area contributed by atoms with Crippen LogP contribution in [0.4, 0.5) is 11.4 Å². The van der Waals surface area contributed by atoms with Gasteiger partial charge >= 0.3 is 5.69 Å². The number of para-hydroxylation sites is 1. The Morgan fingerprint density at radius 3 is 2.90 bits per heavy atom. The zero-order valence-electron chi connectivity index (χ0n) is 12.5. The number of nitrogens with one attached hydrogen (secondary N) is 1. The van der Waals surface area contributed by atoms with Crippen LogP contribution in [0.15, 0.2) is 18.2 Å². The molecule has 0 aliphatic heterocycles. The van der Waals surface area contributed by atoms with Crippen molar-refractivity contribution in [3.63, 3.8) is 0 Å². The van der Waals surface area contributed by atoms with Crippen LogP contribution in [0.2, 0.25) is 0 Å². The third kappa shape index (κ3) is 3.64. The van der Waals surface area contributed by atoms with Gasteiger partial charge < -0.3 is 14.8 Å². The van der Waals surface area contributed by atoms with Gasteiger partial charge in [0.2, 0.25) is 0 Å². The maximum absolute atomic E-state index is 11.4. The van der Waals surface area contributed by atoms with E-state index in [1.54, 1.807) is 25.3 Å². The summed E-state index contributed by atoms with van der Waals surface area (Å²) >= 11 is 0. The smallest absolute Gasteiger partial charge is 0.333 e. The van der Waals surface area contributed by atoms with E-state index < -0.39 is 0 Å². The van der Waals surface area contributed by atoms with Crippen molar-refractivity contribution in [2.45, 2.75) is 44.8 Å². The maximum Gasteiger partial charge on any atom is 0.333 e. The lowest BCUT2D eigenvalue weighted by molar-refractivity contribution is -0.385. The fourth-order valence-electron chi connectivity index (χ4n) is 2.73. The van der Waals surface area contributed by atoms with Gasteiger partial charge in [0, 0.05) is 7.11 Å². The van der Waals surface area contributed by atoms with E-state index in [9.17, 15) is 10.1 Å². The van der Waals surface area contributed by atoms with E-state index in [0.29, 0.717) is 18.0 Å². The summed E-state index contributed by atoms with van der Waals surface area (Å²) in [5.74, 6) is 0.318. The van der Waals surface area contributed by atoms with Crippen LogP contribution >= 0.6 is 0 Å². The summed E-state index contributed by atoms with van der Waals surface area (Å²) in [6.45, 7) is 2.43. The maximum atomic E-state index is 11.4. The van der Waals surface area contributed by atoms with Crippen molar-refractivity contribution in [3.8, 4) is 5.75 Å². The standard InChI is InChI=1S/C15H22N2O4/c1-3-10-21-14-9-5-7-12(15(14)17(18)19)16-11-6-4-8-13(11)20-2/h5,7,9,11,13,16H,3-4,6,8,10H2,1-2H3. The molecule has 21 heavy (non-hydrogen) atoms. The Hall–Kier alpha value is -1.82. The van der Waals surface area contributed by atoms with Crippen LogP contribution in [0.1, 0.15) is 32.6 Å². The molecule has 1 saturated carbocycles. The molecule has 0 heterocycles. The van der Waals surface area contributed by atoms with Crippen molar-refractivity contribution in [1.82, 2.24) is 0 Å². The van der Waals surface area contributed by atoms with Gasteiger partial charge in [-0.15, -0.1) is 0 Å². The Morgan fingerprint density at radius 2 is 2.24 bits per heavy atom. The van der Waals surface area contributed by atoms with Gasteiger partial charge in [0.05, 0.1) is 23.7 Å². The minimum absolute atomic E-state index is 0.00713. The van der Waals surface area contributed by atoms with Crippen LogP contribution in [0, 0.1) is 10.1 Å². The van der Waals surface area contributed by atoms with Gasteiger partial charge in [0.25, 0.3) is 0 Å². The molecule has 1 aromatic carbocycles. The van der Waals surface area contributed by atoms with E-state index in [4.69, 9.17) is 9.47 Å². The van der Waals surface area contributed by atoms with Crippen LogP contribution in [-0.2, 0) is 4.74 Å². The highest BCUT2D eigenvalue weighted by Gasteiger charge is 2.30. The minimum Gasteiger partial charge on any atom is -0.487 e. The highest BCUT2D eigenvalue weighted by Crippen LogP contribution is 2.37. The number of nitrogens with zero attached hydrogens (tertiary/aromatic N) is 1. The van der Waals surface area contributed by atoms with E-state index in [0.717, 1.165) is 25.7 Å². The van der Waals surface area contributed by atoms with Crippen molar-refractivity contribution in [2.75, 3.05) is 19.0 Å². The molecule has 0 bridgehead atoms. The Labute approximate surface area is 124 Å². The third-order valence-electron chi connectivity index (χ3n) is 3.74. The first kappa shape index (κ1) is 15.6. The lowest BCUT2D eigenvalue weighted by Gasteiger charge is -2.21. The van der Waals surface area contributed by atoms with Crippen molar-refractivity contribution >= 4 is 11.4 Å². The Balaban J connectivity index is 2.23. The predicted octanol–water partition coefficient (Wildman–Crippen LogP) is 3.36. The first-order chi connectivity index (χ1) is 10.2. The van der Waals surface area contributed by atoms with E-state index in [1.165, 1.54) is 0 Å². The minimum atomic E-state index is -0.385. The van der Waals surface area contributed by atoms with Crippen molar-refractivity contribution in [1.29, 1.82) is 0 Å². The summed E-state index contributed by atoms with van der Waals surface area (Å²) in [5.41, 5.74) is 0.509. The van der Waals surface area contributed by atoms with E-state index in [1.807, 2.05) is 6.92 Å². The molecule has 0 aromatic heterocycles. The van der Waals surface area contributed by atoms with Crippen LogP contribution < -0.4 is 10.1 Å². The number of benzene rings is 1. The van der Waals surface area contributed by atoms with Gasteiger partial charge in [-0.1, -0.05) is 13.0 Å². The lowest BCUT2D eigenvalue weighted by Crippen LogP contribution is -2.30. The number of nitro groups is 1. The van der Waals surface area contributed by atoms with Crippen LogP contribution in [0.5, 0.6) is 5.75 Å². The summed E-state index contributed by atoms with van der Waals surface area (Å²) in [7, 11) is 1.68. The van der Waals surface area contributed by atoms with Crippen LogP contribution in [-0.4, -0.2) is 30.8 Å². The van der Waals surface area contributed by atoms with Crippen molar-refractivity contribution < 1.29 is 14.4 Å². The molecule has 1 fully saturated rings. The molecule has 0 radical (unpaired) electrons. The topological polar surface area (TPSA) is 73.6 Å². The molecule has 2 rings (SSSR count). The highest BCUT2D eigenvalue weighted by atomic mass is 16.6. The number of nitro benzene ring substituents is 1. The molecule has 2 unspecified atom stereocenters. The van der Waals surface area contributed by atoms with Crippen LogP contribution in [0.25, 0.3) is 0 Å². The first-order valence-corrected chi connectivity index (χ1v) is 7.37. The van der Waals surface area contributed by atoms with Gasteiger partial charge in [-0.2, -0.15) is 0 Å². The Bertz CT molecular complexity index is 493. The second kappa shape index (κ2) is 7.26. The molecular weight excluding hydrogens is 272 g/mol. The Morgan fingerprint density at radius 1 is 1.43 bits per heavy atom. The molecule has 1 aliphatic rings. The second-order valence-electron chi connectivity index (χ2n) is 5.21. The van der Waals surface area contributed by atoms with Crippen molar-refractivity contribution in [3.05, 3.63) is 28.3 Å². The third-order valence-corrected chi connectivity index (χ3v) is 3.74. The summed E-state index contributed by atoms with van der Waals surface area (Å²) < 4.78 is 10.9. The molecule has 0 amide bonds. The first-order valence-electron chi connectivity index (χ1n) is 7.37. The molecule has 2 atom stereocenters. The fraction of sp³-hybridized carbons (Fsp3) is 0.600. The van der Waals surface area contributed by atoms with Gasteiger partial charge in [-0.25, -0.2) is 0 Å².